The second kappa shape index (κ2) is 3.62. The Morgan fingerprint density at radius 3 is 2.33 bits per heavy atom. The average molecular weight is 224 g/mol. The third-order valence-corrected chi connectivity index (χ3v) is 3.00. The lowest BCUT2D eigenvalue weighted by Crippen LogP contribution is -2.27. The van der Waals surface area contributed by atoms with Crippen LogP contribution in [0.3, 0.4) is 0 Å². The van der Waals surface area contributed by atoms with E-state index in [9.17, 15) is 0 Å². The summed E-state index contributed by atoms with van der Waals surface area (Å²) in [5.74, 6) is 0. The number of hydrogen-bond acceptors (Lipinski definition) is 2. The second-order valence-electron chi connectivity index (χ2n) is 4.25. The van der Waals surface area contributed by atoms with Crippen LogP contribution in [0, 0.1) is 0 Å². The number of halogens is 1. The molecule has 1 aliphatic heterocycles. The summed E-state index contributed by atoms with van der Waals surface area (Å²) >= 11 is 5.83. The summed E-state index contributed by atoms with van der Waals surface area (Å²) in [6.07, 6.45) is -0.183. The van der Waals surface area contributed by atoms with Gasteiger partial charge in [0.1, 0.15) is 5.60 Å². The van der Waals surface area contributed by atoms with Crippen LogP contribution in [0.2, 0.25) is 5.02 Å². The molecule has 1 unspecified atom stereocenters. The molecule has 1 aromatic rings. The van der Waals surface area contributed by atoms with Crippen molar-refractivity contribution in [3.63, 3.8) is 0 Å². The van der Waals surface area contributed by atoms with Crippen LogP contribution in [0.25, 0.3) is 0 Å². The maximum atomic E-state index is 5.84. The van der Waals surface area contributed by atoms with Gasteiger partial charge in [-0.15, -0.1) is 0 Å². The average Bonchev–Trinajstić information content (AvgIpc) is 2.42. The van der Waals surface area contributed by atoms with Crippen molar-refractivity contribution in [1.82, 2.24) is 0 Å². The van der Waals surface area contributed by atoms with Crippen LogP contribution in [0.5, 0.6) is 0 Å². The van der Waals surface area contributed by atoms with Crippen LogP contribution >= 0.6 is 11.6 Å². The summed E-state index contributed by atoms with van der Waals surface area (Å²) in [6, 6.07) is 7.61. The number of rotatable bonds is 1. The standard InChI is InChI=1S/C12H14ClNO/c1-8-12(2,3)15-11(14-8)9-4-6-10(13)7-5-9/h4-7,11H,1-3H3. The molecule has 1 atom stereocenters. The molecule has 1 aromatic carbocycles. The van der Waals surface area contributed by atoms with E-state index in [1.165, 1.54) is 0 Å². The first-order valence-corrected chi connectivity index (χ1v) is 5.35. The highest BCUT2D eigenvalue weighted by molar-refractivity contribution is 6.30. The summed E-state index contributed by atoms with van der Waals surface area (Å²) in [5.41, 5.74) is 1.82. The number of hydrogen-bond donors (Lipinski definition) is 0. The van der Waals surface area contributed by atoms with Gasteiger partial charge < -0.3 is 4.74 Å². The topological polar surface area (TPSA) is 21.6 Å². The van der Waals surface area contributed by atoms with Gasteiger partial charge >= 0.3 is 0 Å². The Labute approximate surface area is 94.9 Å². The Morgan fingerprint density at radius 1 is 1.27 bits per heavy atom. The predicted octanol–water partition coefficient (Wildman–Crippen LogP) is 3.61. The van der Waals surface area contributed by atoms with Crippen molar-refractivity contribution in [2.24, 2.45) is 4.99 Å². The fourth-order valence-corrected chi connectivity index (χ4v) is 1.62. The van der Waals surface area contributed by atoms with Gasteiger partial charge in [0, 0.05) is 16.3 Å². The summed E-state index contributed by atoms with van der Waals surface area (Å²) in [7, 11) is 0. The third kappa shape index (κ3) is 2.06. The lowest BCUT2D eigenvalue weighted by Gasteiger charge is -2.19. The van der Waals surface area contributed by atoms with E-state index in [-0.39, 0.29) is 11.8 Å². The molecule has 15 heavy (non-hydrogen) atoms. The molecule has 2 rings (SSSR count). The molecule has 3 heteroatoms. The number of ether oxygens (including phenoxy) is 1. The highest BCUT2D eigenvalue weighted by atomic mass is 35.5. The molecule has 0 saturated carbocycles. The zero-order valence-electron chi connectivity index (χ0n) is 9.12. The van der Waals surface area contributed by atoms with Crippen LogP contribution in [-0.4, -0.2) is 11.3 Å². The second-order valence-corrected chi connectivity index (χ2v) is 4.68. The molecule has 0 radical (unpaired) electrons. The maximum absolute atomic E-state index is 5.84. The van der Waals surface area contributed by atoms with Gasteiger partial charge in [-0.25, -0.2) is 0 Å². The van der Waals surface area contributed by atoms with Gasteiger partial charge in [0.2, 0.25) is 0 Å². The van der Waals surface area contributed by atoms with Gasteiger partial charge in [0.15, 0.2) is 6.23 Å². The zero-order chi connectivity index (χ0) is 11.1. The molecule has 1 aliphatic rings. The summed E-state index contributed by atoms with van der Waals surface area (Å²) in [6.45, 7) is 6.05. The number of nitrogens with zero attached hydrogens (tertiary/aromatic N) is 1. The van der Waals surface area contributed by atoms with Crippen molar-refractivity contribution in [2.45, 2.75) is 32.6 Å². The molecule has 0 bridgehead atoms. The molecule has 0 spiro atoms. The van der Waals surface area contributed by atoms with E-state index in [4.69, 9.17) is 16.3 Å². The van der Waals surface area contributed by atoms with Crippen LogP contribution in [0.1, 0.15) is 32.6 Å². The summed E-state index contributed by atoms with van der Waals surface area (Å²) in [4.78, 5) is 4.49. The quantitative estimate of drug-likeness (QED) is 0.713. The largest absolute Gasteiger partial charge is 0.340 e. The maximum Gasteiger partial charge on any atom is 0.175 e. The summed E-state index contributed by atoms with van der Waals surface area (Å²) in [5, 5.41) is 0.733. The fraction of sp³-hybridized carbons (Fsp3) is 0.417. The first kappa shape index (κ1) is 10.7. The molecule has 0 aliphatic carbocycles. The minimum Gasteiger partial charge on any atom is -0.340 e. The van der Waals surface area contributed by atoms with Gasteiger partial charge in [-0.2, -0.15) is 0 Å². The SMILES string of the molecule is CC1=NC(c2ccc(Cl)cc2)OC1(C)C. The van der Waals surface area contributed by atoms with Crippen LogP contribution in [0.4, 0.5) is 0 Å². The van der Waals surface area contributed by atoms with Crippen molar-refractivity contribution in [3.05, 3.63) is 34.9 Å². The normalized spacial score (nSPS) is 24.0. The van der Waals surface area contributed by atoms with Crippen LogP contribution in [-0.2, 0) is 4.74 Å². The molecular weight excluding hydrogens is 210 g/mol. The Hall–Kier alpha value is -0.860. The third-order valence-electron chi connectivity index (χ3n) is 2.74. The van der Waals surface area contributed by atoms with Crippen molar-refractivity contribution < 1.29 is 4.74 Å². The smallest absolute Gasteiger partial charge is 0.175 e. The predicted molar refractivity (Wildman–Crippen MR) is 62.5 cm³/mol. The Balaban J connectivity index is 2.25. The minimum atomic E-state index is -0.260. The molecule has 80 valence electrons. The minimum absolute atomic E-state index is 0.183. The highest BCUT2D eigenvalue weighted by Gasteiger charge is 2.33. The molecule has 0 saturated heterocycles. The van der Waals surface area contributed by atoms with E-state index in [0.29, 0.717) is 0 Å². The molecule has 0 amide bonds. The Bertz CT molecular complexity index is 395. The van der Waals surface area contributed by atoms with Crippen LogP contribution in [0.15, 0.2) is 29.3 Å². The number of aliphatic imine (C=N–C) groups is 1. The van der Waals surface area contributed by atoms with E-state index in [1.54, 1.807) is 0 Å². The monoisotopic (exact) mass is 223 g/mol. The van der Waals surface area contributed by atoms with Gasteiger partial charge in [-0.1, -0.05) is 23.7 Å². The lowest BCUT2D eigenvalue weighted by molar-refractivity contribution is -0.00351. The Morgan fingerprint density at radius 2 is 1.87 bits per heavy atom. The van der Waals surface area contributed by atoms with Crippen LogP contribution < -0.4 is 0 Å². The molecule has 0 fully saturated rings. The van der Waals surface area contributed by atoms with E-state index in [2.05, 4.69) is 4.99 Å². The van der Waals surface area contributed by atoms with E-state index < -0.39 is 0 Å². The van der Waals surface area contributed by atoms with Crippen molar-refractivity contribution in [3.8, 4) is 0 Å². The molecule has 0 aromatic heterocycles. The lowest BCUT2D eigenvalue weighted by atomic mass is 10.1. The molecule has 2 nitrogen and oxygen atoms in total. The first-order valence-electron chi connectivity index (χ1n) is 4.97. The van der Waals surface area contributed by atoms with Crippen molar-refractivity contribution in [1.29, 1.82) is 0 Å². The van der Waals surface area contributed by atoms with E-state index >= 15 is 0 Å². The molecular formula is C12H14ClNO. The van der Waals surface area contributed by atoms with Gasteiger partial charge in [-0.05, 0) is 32.9 Å². The van der Waals surface area contributed by atoms with E-state index in [0.717, 1.165) is 16.3 Å². The van der Waals surface area contributed by atoms with Gasteiger partial charge in [0.25, 0.3) is 0 Å². The van der Waals surface area contributed by atoms with Gasteiger partial charge in [-0.3, -0.25) is 4.99 Å². The first-order chi connectivity index (χ1) is 6.99. The molecule has 0 N–H and O–H groups in total. The van der Waals surface area contributed by atoms with Crippen molar-refractivity contribution >= 4 is 17.3 Å². The van der Waals surface area contributed by atoms with E-state index in [1.807, 2.05) is 45.0 Å². The summed E-state index contributed by atoms with van der Waals surface area (Å²) < 4.78 is 5.84. The Kier molecular flexibility index (Phi) is 2.57. The van der Waals surface area contributed by atoms with Crippen molar-refractivity contribution in [2.75, 3.05) is 0 Å². The highest BCUT2D eigenvalue weighted by Crippen LogP contribution is 2.33. The molecule has 1 heterocycles. The van der Waals surface area contributed by atoms with Gasteiger partial charge in [0.05, 0.1) is 0 Å². The fourth-order valence-electron chi connectivity index (χ4n) is 1.49. The zero-order valence-corrected chi connectivity index (χ0v) is 9.88. The number of benzene rings is 1.